The van der Waals surface area contributed by atoms with Crippen LogP contribution in [0.25, 0.3) is 22.3 Å². The number of rotatable bonds is 1. The van der Waals surface area contributed by atoms with Crippen molar-refractivity contribution in [3.05, 3.63) is 41.9 Å². The van der Waals surface area contributed by atoms with E-state index in [1.54, 1.807) is 0 Å². The van der Waals surface area contributed by atoms with Crippen molar-refractivity contribution < 1.29 is 4.74 Å². The van der Waals surface area contributed by atoms with E-state index in [2.05, 4.69) is 38.5 Å². The molecule has 0 unspecified atom stereocenters. The third kappa shape index (κ3) is 2.25. The Balaban J connectivity index is 1.78. The SMILES string of the molecule is Cc1nc2ncc(-c3ccc4c(c3)CNCCO4)cc2[nH]1. The van der Waals surface area contributed by atoms with Gasteiger partial charge in [0.25, 0.3) is 0 Å². The summed E-state index contributed by atoms with van der Waals surface area (Å²) >= 11 is 0. The molecular formula is C16H16N4O. The summed E-state index contributed by atoms with van der Waals surface area (Å²) in [4.78, 5) is 12.0. The van der Waals surface area contributed by atoms with E-state index in [0.29, 0.717) is 6.61 Å². The van der Waals surface area contributed by atoms with Crippen LogP contribution in [0.1, 0.15) is 11.4 Å². The zero-order chi connectivity index (χ0) is 14.2. The summed E-state index contributed by atoms with van der Waals surface area (Å²) < 4.78 is 5.72. The van der Waals surface area contributed by atoms with Gasteiger partial charge < -0.3 is 15.0 Å². The highest BCUT2D eigenvalue weighted by molar-refractivity contribution is 5.78. The molecule has 0 radical (unpaired) electrons. The lowest BCUT2D eigenvalue weighted by molar-refractivity contribution is 0.326. The van der Waals surface area contributed by atoms with Gasteiger partial charge in [-0.25, -0.2) is 9.97 Å². The van der Waals surface area contributed by atoms with Crippen molar-refractivity contribution in [2.24, 2.45) is 0 Å². The molecule has 1 aliphatic rings. The number of nitrogens with zero attached hydrogens (tertiary/aromatic N) is 2. The maximum atomic E-state index is 5.72. The van der Waals surface area contributed by atoms with Crippen LogP contribution in [0.4, 0.5) is 0 Å². The first-order valence-corrected chi connectivity index (χ1v) is 7.09. The number of aromatic nitrogens is 3. The Hall–Kier alpha value is -2.40. The number of benzene rings is 1. The molecule has 3 aromatic rings. The van der Waals surface area contributed by atoms with E-state index in [1.807, 2.05) is 19.2 Å². The fourth-order valence-electron chi connectivity index (χ4n) is 2.67. The van der Waals surface area contributed by atoms with Gasteiger partial charge in [-0.15, -0.1) is 0 Å². The number of pyridine rings is 1. The van der Waals surface area contributed by atoms with Crippen molar-refractivity contribution in [1.29, 1.82) is 0 Å². The minimum Gasteiger partial charge on any atom is -0.492 e. The molecule has 2 N–H and O–H groups in total. The molecule has 3 heterocycles. The standard InChI is InChI=1S/C16H16N4O/c1-10-19-14-7-12(9-18-16(14)20-10)11-2-3-15-13(6-11)8-17-4-5-21-15/h2-3,6-7,9,17H,4-5,8H2,1H3,(H,18,19,20). The Morgan fingerprint density at radius 3 is 3.10 bits per heavy atom. The van der Waals surface area contributed by atoms with Gasteiger partial charge in [-0.3, -0.25) is 0 Å². The summed E-state index contributed by atoms with van der Waals surface area (Å²) in [6.07, 6.45) is 1.87. The molecule has 0 fully saturated rings. The molecule has 0 aliphatic carbocycles. The number of aromatic amines is 1. The van der Waals surface area contributed by atoms with E-state index in [1.165, 1.54) is 5.56 Å². The Morgan fingerprint density at radius 1 is 1.19 bits per heavy atom. The van der Waals surface area contributed by atoms with Crippen LogP contribution in [0.3, 0.4) is 0 Å². The lowest BCUT2D eigenvalue weighted by Gasteiger charge is -2.09. The summed E-state index contributed by atoms with van der Waals surface area (Å²) in [5.74, 6) is 1.85. The second-order valence-corrected chi connectivity index (χ2v) is 5.27. The number of nitrogens with one attached hydrogen (secondary N) is 2. The van der Waals surface area contributed by atoms with Gasteiger partial charge in [-0.1, -0.05) is 6.07 Å². The predicted molar refractivity (Wildman–Crippen MR) is 81.3 cm³/mol. The van der Waals surface area contributed by atoms with Gasteiger partial charge in [0.2, 0.25) is 0 Å². The summed E-state index contributed by atoms with van der Waals surface area (Å²) in [5.41, 5.74) is 5.14. The number of ether oxygens (including phenoxy) is 1. The molecule has 4 rings (SSSR count). The highest BCUT2D eigenvalue weighted by atomic mass is 16.5. The van der Waals surface area contributed by atoms with Gasteiger partial charge in [-0.2, -0.15) is 0 Å². The molecule has 106 valence electrons. The quantitative estimate of drug-likeness (QED) is 0.718. The lowest BCUT2D eigenvalue weighted by Crippen LogP contribution is -2.16. The largest absolute Gasteiger partial charge is 0.492 e. The lowest BCUT2D eigenvalue weighted by atomic mass is 10.0. The maximum absolute atomic E-state index is 5.72. The fourth-order valence-corrected chi connectivity index (χ4v) is 2.67. The van der Waals surface area contributed by atoms with Gasteiger partial charge in [0.05, 0.1) is 5.52 Å². The first-order valence-electron chi connectivity index (χ1n) is 7.09. The molecule has 5 heteroatoms. The number of fused-ring (bicyclic) bond motifs is 2. The fraction of sp³-hybridized carbons (Fsp3) is 0.250. The number of aryl methyl sites for hydroxylation is 1. The molecule has 1 aromatic carbocycles. The Morgan fingerprint density at radius 2 is 2.14 bits per heavy atom. The second kappa shape index (κ2) is 4.86. The smallest absolute Gasteiger partial charge is 0.177 e. The molecule has 2 aromatic heterocycles. The molecule has 1 aliphatic heterocycles. The number of imidazole rings is 1. The van der Waals surface area contributed by atoms with Gasteiger partial charge in [-0.05, 0) is 30.7 Å². The Bertz CT molecular complexity index is 809. The van der Waals surface area contributed by atoms with Crippen LogP contribution < -0.4 is 10.1 Å². The van der Waals surface area contributed by atoms with Crippen LogP contribution >= 0.6 is 0 Å². The molecule has 5 nitrogen and oxygen atoms in total. The van der Waals surface area contributed by atoms with Crippen LogP contribution in [0, 0.1) is 6.92 Å². The number of hydrogen-bond acceptors (Lipinski definition) is 4. The van der Waals surface area contributed by atoms with Crippen LogP contribution in [-0.4, -0.2) is 28.1 Å². The average Bonchev–Trinajstić information content (AvgIpc) is 2.71. The Labute approximate surface area is 122 Å². The van der Waals surface area contributed by atoms with Crippen molar-refractivity contribution in [2.45, 2.75) is 13.5 Å². The van der Waals surface area contributed by atoms with Crippen LogP contribution in [0.5, 0.6) is 5.75 Å². The topological polar surface area (TPSA) is 62.8 Å². The maximum Gasteiger partial charge on any atom is 0.177 e. The summed E-state index contributed by atoms with van der Waals surface area (Å²) in [7, 11) is 0. The van der Waals surface area contributed by atoms with Crippen molar-refractivity contribution in [3.63, 3.8) is 0 Å². The van der Waals surface area contributed by atoms with E-state index in [9.17, 15) is 0 Å². The summed E-state index contributed by atoms with van der Waals surface area (Å²) in [6.45, 7) is 4.37. The molecule has 0 saturated carbocycles. The van der Waals surface area contributed by atoms with Crippen molar-refractivity contribution in [1.82, 2.24) is 20.3 Å². The van der Waals surface area contributed by atoms with Gasteiger partial charge in [0.15, 0.2) is 5.65 Å². The van der Waals surface area contributed by atoms with Crippen molar-refractivity contribution >= 4 is 11.2 Å². The van der Waals surface area contributed by atoms with Gasteiger partial charge in [0.1, 0.15) is 18.2 Å². The summed E-state index contributed by atoms with van der Waals surface area (Å²) in [5, 5.41) is 3.36. The molecule has 21 heavy (non-hydrogen) atoms. The first kappa shape index (κ1) is 12.3. The third-order valence-corrected chi connectivity index (χ3v) is 3.70. The number of hydrogen-bond donors (Lipinski definition) is 2. The van der Waals surface area contributed by atoms with Crippen molar-refractivity contribution in [2.75, 3.05) is 13.2 Å². The minimum absolute atomic E-state index is 0.716. The van der Waals surface area contributed by atoms with E-state index >= 15 is 0 Å². The van der Waals surface area contributed by atoms with E-state index in [-0.39, 0.29) is 0 Å². The molecule has 0 atom stereocenters. The Kier molecular flexibility index (Phi) is 2.86. The van der Waals surface area contributed by atoms with Gasteiger partial charge in [0, 0.05) is 30.4 Å². The zero-order valence-corrected chi connectivity index (χ0v) is 11.8. The van der Waals surface area contributed by atoms with Crippen molar-refractivity contribution in [3.8, 4) is 16.9 Å². The molecule has 0 spiro atoms. The average molecular weight is 280 g/mol. The van der Waals surface area contributed by atoms with Crippen LogP contribution in [0.15, 0.2) is 30.5 Å². The zero-order valence-electron chi connectivity index (χ0n) is 11.8. The third-order valence-electron chi connectivity index (χ3n) is 3.70. The summed E-state index contributed by atoms with van der Waals surface area (Å²) in [6, 6.07) is 8.38. The molecule has 0 amide bonds. The van der Waals surface area contributed by atoms with E-state index in [4.69, 9.17) is 4.74 Å². The van der Waals surface area contributed by atoms with Gasteiger partial charge >= 0.3 is 0 Å². The van der Waals surface area contributed by atoms with E-state index < -0.39 is 0 Å². The highest BCUT2D eigenvalue weighted by Gasteiger charge is 2.11. The normalized spacial score (nSPS) is 14.5. The minimum atomic E-state index is 0.716. The van der Waals surface area contributed by atoms with Crippen LogP contribution in [0.2, 0.25) is 0 Å². The predicted octanol–water partition coefficient (Wildman–Crippen LogP) is 2.42. The van der Waals surface area contributed by atoms with E-state index in [0.717, 1.165) is 47.0 Å². The second-order valence-electron chi connectivity index (χ2n) is 5.27. The molecule has 0 bridgehead atoms. The van der Waals surface area contributed by atoms with Crippen LogP contribution in [-0.2, 0) is 6.54 Å². The molecule has 0 saturated heterocycles. The first-order chi connectivity index (χ1) is 10.3. The molecular weight excluding hydrogens is 264 g/mol. The monoisotopic (exact) mass is 280 g/mol. The number of H-pyrrole nitrogens is 1. The highest BCUT2D eigenvalue weighted by Crippen LogP contribution is 2.28.